The molecule has 0 saturated carbocycles. The van der Waals surface area contributed by atoms with Gasteiger partial charge in [0.25, 0.3) is 11.7 Å². The zero-order valence-electron chi connectivity index (χ0n) is 20.1. The lowest BCUT2D eigenvalue weighted by Crippen LogP contribution is -2.29. The van der Waals surface area contributed by atoms with Gasteiger partial charge in [-0.05, 0) is 60.5 Å². The van der Waals surface area contributed by atoms with Crippen LogP contribution in [-0.2, 0) is 20.9 Å². The van der Waals surface area contributed by atoms with E-state index >= 15 is 0 Å². The van der Waals surface area contributed by atoms with Gasteiger partial charge in [0.2, 0.25) is 0 Å². The Kier molecular flexibility index (Phi) is 7.24. The molecule has 4 rings (SSSR count). The number of aliphatic hydroxyl groups is 1. The van der Waals surface area contributed by atoms with Crippen LogP contribution in [0.2, 0.25) is 0 Å². The van der Waals surface area contributed by atoms with E-state index in [1.54, 1.807) is 31.2 Å². The molecule has 1 heterocycles. The fraction of sp³-hybridized carbons (Fsp3) is 0.179. The molecule has 0 aliphatic carbocycles. The number of aromatic hydroxyl groups is 1. The highest BCUT2D eigenvalue weighted by Crippen LogP contribution is 2.42. The molecule has 2 N–H and O–H groups in total. The number of ketones is 1. The quantitative estimate of drug-likeness (QED) is 0.213. The molecule has 0 aromatic heterocycles. The molecule has 37 heavy (non-hydrogen) atoms. The fourth-order valence-electron chi connectivity index (χ4n) is 4.21. The number of carbonyl (C=O) groups is 3. The van der Waals surface area contributed by atoms with Crippen molar-refractivity contribution in [1.29, 1.82) is 0 Å². The van der Waals surface area contributed by atoms with E-state index in [9.17, 15) is 29.0 Å². The van der Waals surface area contributed by atoms with Crippen LogP contribution in [-0.4, -0.2) is 46.5 Å². The second-order valence-electron chi connectivity index (χ2n) is 8.28. The van der Waals surface area contributed by atoms with Crippen LogP contribution in [0.3, 0.4) is 0 Å². The van der Waals surface area contributed by atoms with E-state index < -0.39 is 35.3 Å². The van der Waals surface area contributed by atoms with Crippen LogP contribution in [0.15, 0.2) is 72.3 Å². The number of phenols is 1. The van der Waals surface area contributed by atoms with Crippen molar-refractivity contribution in [2.45, 2.75) is 19.5 Å². The van der Waals surface area contributed by atoms with Gasteiger partial charge in [-0.3, -0.25) is 9.59 Å². The summed E-state index contributed by atoms with van der Waals surface area (Å²) in [6.45, 7) is 1.90. The third-order valence-corrected chi connectivity index (χ3v) is 5.98. The first-order valence-corrected chi connectivity index (χ1v) is 11.4. The summed E-state index contributed by atoms with van der Waals surface area (Å²) < 4.78 is 24.3. The van der Waals surface area contributed by atoms with E-state index in [1.807, 2.05) is 0 Å². The van der Waals surface area contributed by atoms with E-state index in [4.69, 9.17) is 9.47 Å². The molecule has 1 saturated heterocycles. The molecule has 1 fully saturated rings. The molecular weight excluding hydrogens is 481 g/mol. The molecule has 9 heteroatoms. The number of amides is 1. The number of phenolic OH excluding ortho intramolecular Hbond substituents is 1. The van der Waals surface area contributed by atoms with Crippen LogP contribution in [0.25, 0.3) is 5.76 Å². The van der Waals surface area contributed by atoms with Crippen molar-refractivity contribution in [3.8, 4) is 11.5 Å². The van der Waals surface area contributed by atoms with Gasteiger partial charge < -0.3 is 24.6 Å². The molecule has 1 atom stereocenters. The minimum Gasteiger partial charge on any atom is -0.508 e. The molecule has 1 aliphatic heterocycles. The van der Waals surface area contributed by atoms with E-state index in [0.717, 1.165) is 12.1 Å². The number of Topliss-reactive ketones (excluding diaryl/α,β-unsaturated/α-hetero) is 1. The first-order chi connectivity index (χ1) is 17.7. The topological polar surface area (TPSA) is 113 Å². The maximum atomic E-state index is 14.1. The zero-order chi connectivity index (χ0) is 26.7. The molecule has 1 aliphatic rings. The predicted molar refractivity (Wildman–Crippen MR) is 131 cm³/mol. The third-order valence-electron chi connectivity index (χ3n) is 5.98. The Morgan fingerprint density at radius 2 is 1.70 bits per heavy atom. The molecule has 8 nitrogen and oxygen atoms in total. The summed E-state index contributed by atoms with van der Waals surface area (Å²) in [5.74, 6) is -3.48. The maximum absolute atomic E-state index is 14.1. The van der Waals surface area contributed by atoms with Crippen LogP contribution in [0.5, 0.6) is 11.5 Å². The van der Waals surface area contributed by atoms with Gasteiger partial charge >= 0.3 is 5.97 Å². The van der Waals surface area contributed by atoms with Crippen molar-refractivity contribution in [3.05, 3.63) is 100 Å². The summed E-state index contributed by atoms with van der Waals surface area (Å²) >= 11 is 0. The van der Waals surface area contributed by atoms with Crippen LogP contribution in [0, 0.1) is 5.82 Å². The fourth-order valence-corrected chi connectivity index (χ4v) is 4.21. The number of halogens is 1. The first kappa shape index (κ1) is 25.4. The summed E-state index contributed by atoms with van der Waals surface area (Å²) in [7, 11) is 1.33. The average Bonchev–Trinajstić information content (AvgIpc) is 3.14. The lowest BCUT2D eigenvalue weighted by Gasteiger charge is -2.25. The SMILES string of the molecule is CCOC(=O)c1ccc(CN2C(=O)C(=O)/C(=C(/O)c3cc(F)ccc3OC)C2c2ccc(O)cc2)cc1. The lowest BCUT2D eigenvalue weighted by atomic mass is 9.94. The van der Waals surface area contributed by atoms with Crippen molar-refractivity contribution in [3.63, 3.8) is 0 Å². The largest absolute Gasteiger partial charge is 0.508 e. The summed E-state index contributed by atoms with van der Waals surface area (Å²) in [6, 6.07) is 14.6. The van der Waals surface area contributed by atoms with Crippen molar-refractivity contribution in [1.82, 2.24) is 4.90 Å². The molecular formula is C28H24FNO7. The molecule has 1 amide bonds. The van der Waals surface area contributed by atoms with Gasteiger partial charge in [-0.25, -0.2) is 9.18 Å². The Morgan fingerprint density at radius 1 is 1.03 bits per heavy atom. The normalized spacial score (nSPS) is 16.6. The number of likely N-dealkylation sites (tertiary alicyclic amines) is 1. The van der Waals surface area contributed by atoms with Crippen molar-refractivity contribution >= 4 is 23.4 Å². The Hall–Kier alpha value is -4.66. The lowest BCUT2D eigenvalue weighted by molar-refractivity contribution is -0.140. The van der Waals surface area contributed by atoms with Crippen molar-refractivity contribution in [2.24, 2.45) is 0 Å². The summed E-state index contributed by atoms with van der Waals surface area (Å²) in [4.78, 5) is 39.6. The van der Waals surface area contributed by atoms with Gasteiger partial charge in [0.15, 0.2) is 0 Å². The van der Waals surface area contributed by atoms with E-state index in [-0.39, 0.29) is 35.8 Å². The number of rotatable bonds is 7. The predicted octanol–water partition coefficient (Wildman–Crippen LogP) is 4.34. The summed E-state index contributed by atoms with van der Waals surface area (Å²) in [5, 5.41) is 21.0. The Bertz CT molecular complexity index is 1380. The second kappa shape index (κ2) is 10.5. The van der Waals surface area contributed by atoms with Gasteiger partial charge in [0.1, 0.15) is 23.1 Å². The van der Waals surface area contributed by atoms with E-state index in [1.165, 1.54) is 42.3 Å². The molecule has 0 spiro atoms. The number of esters is 1. The molecule has 0 radical (unpaired) electrons. The smallest absolute Gasteiger partial charge is 0.338 e. The molecule has 190 valence electrons. The van der Waals surface area contributed by atoms with E-state index in [2.05, 4.69) is 0 Å². The highest BCUT2D eigenvalue weighted by Gasteiger charge is 2.46. The van der Waals surface area contributed by atoms with Gasteiger partial charge in [0, 0.05) is 6.54 Å². The third kappa shape index (κ3) is 5.02. The average molecular weight is 505 g/mol. The van der Waals surface area contributed by atoms with Crippen LogP contribution < -0.4 is 4.74 Å². The number of hydrogen-bond donors (Lipinski definition) is 2. The number of carbonyl (C=O) groups excluding carboxylic acids is 3. The molecule has 1 unspecified atom stereocenters. The van der Waals surface area contributed by atoms with Crippen molar-refractivity contribution < 1.29 is 38.5 Å². The van der Waals surface area contributed by atoms with E-state index in [0.29, 0.717) is 16.7 Å². The molecule has 3 aromatic rings. The first-order valence-electron chi connectivity index (χ1n) is 11.4. The Labute approximate surface area is 212 Å². The number of ether oxygens (including phenoxy) is 2. The summed E-state index contributed by atoms with van der Waals surface area (Å²) in [6.07, 6.45) is 0. The van der Waals surface area contributed by atoms with Crippen molar-refractivity contribution in [2.75, 3.05) is 13.7 Å². The van der Waals surface area contributed by atoms with Crippen LogP contribution in [0.4, 0.5) is 4.39 Å². The highest BCUT2D eigenvalue weighted by molar-refractivity contribution is 6.46. The minimum atomic E-state index is -1.04. The standard InChI is InChI=1S/C28H24FNO7/c1-3-37-28(35)18-6-4-16(5-7-18)15-30-24(17-8-11-20(31)12-9-17)23(26(33)27(30)34)25(32)21-14-19(29)10-13-22(21)36-2/h4-14,24,31-32H,3,15H2,1-2H3/b25-23+. The van der Waals surface area contributed by atoms with Gasteiger partial charge in [-0.1, -0.05) is 24.3 Å². The van der Waals surface area contributed by atoms with Crippen LogP contribution >= 0.6 is 0 Å². The monoisotopic (exact) mass is 505 g/mol. The molecule has 0 bridgehead atoms. The highest BCUT2D eigenvalue weighted by atomic mass is 19.1. The summed E-state index contributed by atoms with van der Waals surface area (Å²) in [5.41, 5.74) is 1.06. The van der Waals surface area contributed by atoms with Gasteiger partial charge in [0.05, 0.1) is 36.5 Å². The number of nitrogens with zero attached hydrogens (tertiary/aromatic N) is 1. The minimum absolute atomic E-state index is 0.0259. The second-order valence-corrected chi connectivity index (χ2v) is 8.28. The zero-order valence-corrected chi connectivity index (χ0v) is 20.1. The number of hydrogen-bond acceptors (Lipinski definition) is 7. The van der Waals surface area contributed by atoms with Crippen LogP contribution in [0.1, 0.15) is 40.0 Å². The Morgan fingerprint density at radius 3 is 2.32 bits per heavy atom. The number of methoxy groups -OCH3 is 1. The van der Waals surface area contributed by atoms with Gasteiger partial charge in [-0.15, -0.1) is 0 Å². The number of aliphatic hydroxyl groups excluding tert-OH is 1. The Balaban J connectivity index is 1.80. The molecule has 3 aromatic carbocycles. The van der Waals surface area contributed by atoms with Gasteiger partial charge in [-0.2, -0.15) is 0 Å². The maximum Gasteiger partial charge on any atom is 0.338 e. The number of benzene rings is 3.